The molecule has 3 rings (SSSR count). The Labute approximate surface area is 183 Å². The normalized spacial score (nSPS) is 11.0. The number of benzene rings is 2. The first-order valence-electron chi connectivity index (χ1n) is 9.69. The van der Waals surface area contributed by atoms with Crippen molar-refractivity contribution in [1.29, 1.82) is 0 Å². The van der Waals surface area contributed by atoms with Crippen LogP contribution in [0.1, 0.15) is 57.2 Å². The van der Waals surface area contributed by atoms with Crippen molar-refractivity contribution in [2.24, 2.45) is 5.92 Å². The Morgan fingerprint density at radius 1 is 1.00 bits per heavy atom. The Morgan fingerprint density at radius 3 is 2.26 bits per heavy atom. The van der Waals surface area contributed by atoms with Crippen LogP contribution in [0.15, 0.2) is 48.5 Å². The Bertz CT molecular complexity index is 862. The van der Waals surface area contributed by atoms with Crippen molar-refractivity contribution in [3.05, 3.63) is 65.2 Å². The Kier molecular flexibility index (Phi) is 9.20. The molecule has 0 radical (unpaired) electrons. The quantitative estimate of drug-likeness (QED) is 0.322. The first-order chi connectivity index (χ1) is 12.9. The van der Waals surface area contributed by atoms with Gasteiger partial charge in [0.05, 0.1) is 0 Å². The molecule has 0 nitrogen and oxygen atoms in total. The fraction of sp³-hybridized carbons (Fsp3) is 0.375. The predicted octanol–water partition coefficient (Wildman–Crippen LogP) is 8.49. The molecule has 0 aliphatic heterocycles. The van der Waals surface area contributed by atoms with Crippen LogP contribution >= 0.6 is 17.0 Å². The Morgan fingerprint density at radius 2 is 1.67 bits per heavy atom. The molecule has 3 heteroatoms. The number of hydrogen-bond donors (Lipinski definition) is 0. The summed E-state index contributed by atoms with van der Waals surface area (Å²) in [7, 11) is 9.87. The first-order valence-corrected chi connectivity index (χ1v) is 16.0. The summed E-state index contributed by atoms with van der Waals surface area (Å²) in [6, 6.07) is 18.4. The second kappa shape index (κ2) is 10.9. The van der Waals surface area contributed by atoms with Gasteiger partial charge in [-0.1, -0.05) is 70.0 Å². The van der Waals surface area contributed by atoms with Crippen molar-refractivity contribution < 1.29 is 20.8 Å². The molecule has 0 unspecified atom stereocenters. The maximum atomic E-state index is 4.93. The van der Waals surface area contributed by atoms with Gasteiger partial charge in [-0.25, -0.2) is 0 Å². The molecule has 144 valence electrons. The molecule has 0 bridgehead atoms. The SMILES string of the molecule is CCc1ccccc1-c1c(C(C)C)ccc2[cH-]c(CC(C)C)cc12.[Cl][Zr][Cl]. The molecule has 3 aromatic rings. The molecule has 3 aromatic carbocycles. The molecule has 0 amide bonds. The average Bonchev–Trinajstić information content (AvgIpc) is 3.02. The maximum absolute atomic E-state index is 4.93. The summed E-state index contributed by atoms with van der Waals surface area (Å²) < 4.78 is 0. The van der Waals surface area contributed by atoms with Crippen molar-refractivity contribution in [2.45, 2.75) is 53.4 Å². The zero-order valence-electron chi connectivity index (χ0n) is 16.9. The predicted molar refractivity (Wildman–Crippen MR) is 119 cm³/mol. The van der Waals surface area contributed by atoms with E-state index in [2.05, 4.69) is 83.1 Å². The number of rotatable bonds is 5. The van der Waals surface area contributed by atoms with E-state index in [1.54, 1.807) is 0 Å². The van der Waals surface area contributed by atoms with Crippen LogP contribution in [0.4, 0.5) is 0 Å². The fourth-order valence-corrected chi connectivity index (χ4v) is 3.80. The molecule has 27 heavy (non-hydrogen) atoms. The van der Waals surface area contributed by atoms with Gasteiger partial charge in [0, 0.05) is 0 Å². The van der Waals surface area contributed by atoms with Crippen molar-refractivity contribution in [1.82, 2.24) is 0 Å². The van der Waals surface area contributed by atoms with Gasteiger partial charge in [-0.2, -0.15) is 6.07 Å². The molecule has 0 aromatic heterocycles. The number of hydrogen-bond acceptors (Lipinski definition) is 0. The fourth-order valence-electron chi connectivity index (χ4n) is 3.80. The van der Waals surface area contributed by atoms with Crippen LogP contribution in [-0.4, -0.2) is 0 Å². The van der Waals surface area contributed by atoms with Gasteiger partial charge < -0.3 is 0 Å². The van der Waals surface area contributed by atoms with E-state index in [-0.39, 0.29) is 0 Å². The second-order valence-electron chi connectivity index (χ2n) is 7.73. The van der Waals surface area contributed by atoms with Crippen LogP contribution in [0.25, 0.3) is 21.9 Å². The van der Waals surface area contributed by atoms with Crippen LogP contribution in [0.5, 0.6) is 0 Å². The van der Waals surface area contributed by atoms with Crippen molar-refractivity contribution >= 4 is 27.8 Å². The summed E-state index contributed by atoms with van der Waals surface area (Å²) in [5.41, 5.74) is 7.24. The summed E-state index contributed by atoms with van der Waals surface area (Å²) in [6.07, 6.45) is 2.23. The standard InChI is InChI=1S/C24H29.2ClH.Zr/c1-6-19-9-7-8-10-22(19)24-21(17(4)5)12-11-20-14-18(13-16(2)3)15-23(20)24;;;/h7-12,14-17H,6,13H2,1-5H3;2*1H;/q-1;;;+2/p-2. The summed E-state index contributed by atoms with van der Waals surface area (Å²) in [5, 5.41) is 2.81. The third kappa shape index (κ3) is 5.75. The van der Waals surface area contributed by atoms with Gasteiger partial charge >= 0.3 is 37.9 Å². The molecular weight excluding hydrogens is 450 g/mol. The van der Waals surface area contributed by atoms with Crippen LogP contribution in [0.3, 0.4) is 0 Å². The van der Waals surface area contributed by atoms with Gasteiger partial charge in [0.25, 0.3) is 0 Å². The zero-order valence-corrected chi connectivity index (χ0v) is 20.9. The van der Waals surface area contributed by atoms with E-state index in [1.165, 1.54) is 38.6 Å². The Hall–Kier alpha value is -0.487. The van der Waals surface area contributed by atoms with E-state index in [0.717, 1.165) is 12.8 Å². The van der Waals surface area contributed by atoms with Crippen molar-refractivity contribution in [3.63, 3.8) is 0 Å². The second-order valence-corrected chi connectivity index (χ2v) is 11.5. The van der Waals surface area contributed by atoms with Gasteiger partial charge in [-0.15, -0.1) is 34.5 Å². The summed E-state index contributed by atoms with van der Waals surface area (Å²) in [4.78, 5) is 0. The van der Waals surface area contributed by atoms with E-state index in [9.17, 15) is 0 Å². The van der Waals surface area contributed by atoms with Crippen LogP contribution in [0, 0.1) is 5.92 Å². The van der Waals surface area contributed by atoms with Gasteiger partial charge in [-0.05, 0) is 35.8 Å². The third-order valence-corrected chi connectivity index (χ3v) is 4.92. The molecule has 0 spiro atoms. The minimum absolute atomic E-state index is 0.526. The van der Waals surface area contributed by atoms with E-state index in [0.29, 0.717) is 11.8 Å². The first kappa shape index (κ1) is 22.8. The van der Waals surface area contributed by atoms with E-state index in [4.69, 9.17) is 17.0 Å². The monoisotopic (exact) mass is 477 g/mol. The molecule has 0 aliphatic carbocycles. The molecular formula is C24H29Cl2Zr-. The summed E-state index contributed by atoms with van der Waals surface area (Å²) >= 11 is -0.826. The van der Waals surface area contributed by atoms with Gasteiger partial charge in [0.15, 0.2) is 0 Å². The molecule has 0 atom stereocenters. The average molecular weight is 480 g/mol. The van der Waals surface area contributed by atoms with Gasteiger partial charge in [-0.3, -0.25) is 0 Å². The van der Waals surface area contributed by atoms with E-state index in [1.807, 2.05) is 0 Å². The minimum atomic E-state index is -0.826. The van der Waals surface area contributed by atoms with E-state index >= 15 is 0 Å². The van der Waals surface area contributed by atoms with Crippen molar-refractivity contribution in [2.75, 3.05) is 0 Å². The summed E-state index contributed by atoms with van der Waals surface area (Å²) in [5.74, 6) is 1.22. The molecule has 0 aliphatic rings. The number of fused-ring (bicyclic) bond motifs is 1. The number of halogens is 2. The molecule has 0 heterocycles. The number of aryl methyl sites for hydroxylation is 1. The van der Waals surface area contributed by atoms with Crippen LogP contribution in [-0.2, 0) is 33.7 Å². The van der Waals surface area contributed by atoms with Crippen molar-refractivity contribution in [3.8, 4) is 11.1 Å². The van der Waals surface area contributed by atoms with E-state index < -0.39 is 20.8 Å². The van der Waals surface area contributed by atoms with Crippen LogP contribution in [0.2, 0.25) is 0 Å². The van der Waals surface area contributed by atoms with Gasteiger partial charge in [0.2, 0.25) is 0 Å². The third-order valence-electron chi connectivity index (χ3n) is 4.92. The van der Waals surface area contributed by atoms with Gasteiger partial charge in [0.1, 0.15) is 0 Å². The molecule has 0 N–H and O–H groups in total. The molecule has 0 fully saturated rings. The Balaban J connectivity index is 0.000000817. The molecule has 0 saturated carbocycles. The zero-order chi connectivity index (χ0) is 20.0. The topological polar surface area (TPSA) is 0 Å². The van der Waals surface area contributed by atoms with Crippen LogP contribution < -0.4 is 0 Å². The molecule has 0 saturated heterocycles. The summed E-state index contributed by atoms with van der Waals surface area (Å²) in [6.45, 7) is 11.5.